The van der Waals surface area contributed by atoms with Crippen LogP contribution in [0.25, 0.3) is 0 Å². The lowest BCUT2D eigenvalue weighted by Gasteiger charge is -2.03. The molecule has 0 saturated carbocycles. The van der Waals surface area contributed by atoms with Crippen molar-refractivity contribution < 1.29 is 19.2 Å². The Labute approximate surface area is 126 Å². The molecule has 12 heteroatoms. The van der Waals surface area contributed by atoms with Crippen molar-refractivity contribution in [3.8, 4) is 0 Å². The zero-order chi connectivity index (χ0) is 15.4. The largest absolute Gasteiger partial charge is 0.351 e. The minimum atomic E-state index is -0.974. The second-order valence-corrected chi connectivity index (χ2v) is 6.01. The lowest BCUT2D eigenvalue weighted by atomic mass is 10.3. The van der Waals surface area contributed by atoms with Crippen LogP contribution in [0.3, 0.4) is 0 Å². The van der Waals surface area contributed by atoms with Crippen LogP contribution in [0.15, 0.2) is 10.2 Å². The van der Waals surface area contributed by atoms with Crippen molar-refractivity contribution in [1.82, 2.24) is 16.0 Å². The molecule has 0 bridgehead atoms. The Hall–Kier alpha value is -2.08. The van der Waals surface area contributed by atoms with Gasteiger partial charge in [0.25, 0.3) is 0 Å². The Bertz CT molecular complexity index is 575. The van der Waals surface area contributed by atoms with Gasteiger partial charge in [-0.1, -0.05) is 23.5 Å². The standard InChI is InChI=1S/C9H10N6O4S2/c10-7(19)11-4(16)1-3-6(18)13-9(21-3)15-14-8-12-5(17)2-20-8/h3H,1-2H2,(H,12,14,17)(H,13,15,18)(H3,10,11,16,19)/t3-/m0/s1. The number of rotatable bonds is 3. The first kappa shape index (κ1) is 15.3. The minimum absolute atomic E-state index is 0.164. The highest BCUT2D eigenvalue weighted by atomic mass is 32.2. The minimum Gasteiger partial charge on any atom is -0.351 e. The van der Waals surface area contributed by atoms with Crippen molar-refractivity contribution in [3.05, 3.63) is 0 Å². The van der Waals surface area contributed by atoms with E-state index in [1.807, 2.05) is 5.32 Å². The maximum Gasteiger partial charge on any atom is 0.318 e. The zero-order valence-electron chi connectivity index (χ0n) is 10.4. The summed E-state index contributed by atoms with van der Waals surface area (Å²) in [5, 5.41) is 14.2. The number of carbonyl (C=O) groups excluding carboxylic acids is 4. The fourth-order valence-corrected chi connectivity index (χ4v) is 2.96. The molecule has 1 atom stereocenters. The van der Waals surface area contributed by atoms with Gasteiger partial charge in [-0.15, -0.1) is 10.2 Å². The van der Waals surface area contributed by atoms with E-state index in [1.54, 1.807) is 0 Å². The Balaban J connectivity index is 1.91. The maximum absolute atomic E-state index is 11.6. The molecule has 5 amide bonds. The van der Waals surface area contributed by atoms with E-state index in [0.717, 1.165) is 11.8 Å². The fraction of sp³-hybridized carbons (Fsp3) is 0.333. The van der Waals surface area contributed by atoms with Crippen molar-refractivity contribution in [3.63, 3.8) is 0 Å². The molecule has 0 aromatic rings. The van der Waals surface area contributed by atoms with Gasteiger partial charge >= 0.3 is 6.03 Å². The second kappa shape index (κ2) is 6.58. The molecule has 2 fully saturated rings. The number of hydrogen-bond acceptors (Lipinski definition) is 8. The van der Waals surface area contributed by atoms with E-state index < -0.39 is 23.1 Å². The van der Waals surface area contributed by atoms with Gasteiger partial charge in [-0.2, -0.15) is 0 Å². The molecule has 21 heavy (non-hydrogen) atoms. The average Bonchev–Trinajstić information content (AvgIpc) is 2.93. The average molecular weight is 330 g/mol. The van der Waals surface area contributed by atoms with Gasteiger partial charge in [-0.3, -0.25) is 19.7 Å². The molecule has 5 N–H and O–H groups in total. The normalized spacial score (nSPS) is 25.0. The summed E-state index contributed by atoms with van der Waals surface area (Å²) < 4.78 is 0. The number of nitrogens with zero attached hydrogens (tertiary/aromatic N) is 2. The summed E-state index contributed by atoms with van der Waals surface area (Å²) in [4.78, 5) is 44.4. The van der Waals surface area contributed by atoms with Crippen LogP contribution in [0.4, 0.5) is 4.79 Å². The molecule has 0 unspecified atom stereocenters. The van der Waals surface area contributed by atoms with Gasteiger partial charge in [0.15, 0.2) is 10.3 Å². The van der Waals surface area contributed by atoms with Gasteiger partial charge < -0.3 is 16.4 Å². The SMILES string of the molecule is NC(=O)NC(=O)C[C@@H]1S/C(=N\N=C2\NC(=O)CS2)NC1=O. The highest BCUT2D eigenvalue weighted by molar-refractivity contribution is 8.15. The van der Waals surface area contributed by atoms with Crippen LogP contribution in [0.1, 0.15) is 6.42 Å². The second-order valence-electron chi connectivity index (χ2n) is 3.86. The monoisotopic (exact) mass is 330 g/mol. The van der Waals surface area contributed by atoms with Crippen molar-refractivity contribution in [1.29, 1.82) is 0 Å². The van der Waals surface area contributed by atoms with E-state index in [9.17, 15) is 19.2 Å². The van der Waals surface area contributed by atoms with Crippen LogP contribution < -0.4 is 21.7 Å². The Morgan fingerprint density at radius 1 is 1.29 bits per heavy atom. The summed E-state index contributed by atoms with van der Waals surface area (Å²) in [6.07, 6.45) is -0.208. The molecule has 2 saturated heterocycles. The molecular weight excluding hydrogens is 320 g/mol. The third-order valence-corrected chi connectivity index (χ3v) is 4.16. The number of primary amides is 1. The highest BCUT2D eigenvalue weighted by Crippen LogP contribution is 2.22. The lowest BCUT2D eigenvalue weighted by molar-refractivity contribution is -0.124. The van der Waals surface area contributed by atoms with E-state index in [4.69, 9.17) is 5.73 Å². The summed E-state index contributed by atoms with van der Waals surface area (Å²) in [6.45, 7) is 0. The topological polar surface area (TPSA) is 155 Å². The summed E-state index contributed by atoms with van der Waals surface area (Å²) >= 11 is 2.20. The first-order chi connectivity index (χ1) is 9.94. The smallest absolute Gasteiger partial charge is 0.318 e. The maximum atomic E-state index is 11.6. The molecule has 0 radical (unpaired) electrons. The summed E-state index contributed by atoms with van der Waals surface area (Å²) in [7, 11) is 0. The Morgan fingerprint density at radius 3 is 2.62 bits per heavy atom. The van der Waals surface area contributed by atoms with Crippen molar-refractivity contribution >= 4 is 57.6 Å². The first-order valence-electron chi connectivity index (χ1n) is 5.59. The predicted molar refractivity (Wildman–Crippen MR) is 77.3 cm³/mol. The Morgan fingerprint density at radius 2 is 2.00 bits per heavy atom. The number of carbonyl (C=O) groups is 4. The van der Waals surface area contributed by atoms with Gasteiger partial charge in [0.1, 0.15) is 5.25 Å². The molecule has 0 spiro atoms. The van der Waals surface area contributed by atoms with E-state index in [0.29, 0.717) is 5.17 Å². The summed E-state index contributed by atoms with van der Waals surface area (Å²) in [5.41, 5.74) is 4.80. The Kier molecular flexibility index (Phi) is 4.80. The van der Waals surface area contributed by atoms with E-state index in [2.05, 4.69) is 20.8 Å². The predicted octanol–water partition coefficient (Wildman–Crippen LogP) is -1.71. The third-order valence-electron chi connectivity index (χ3n) is 2.23. The molecule has 2 aliphatic heterocycles. The molecule has 2 heterocycles. The van der Waals surface area contributed by atoms with E-state index >= 15 is 0 Å². The van der Waals surface area contributed by atoms with E-state index in [-0.39, 0.29) is 23.2 Å². The number of nitrogens with two attached hydrogens (primary N) is 1. The van der Waals surface area contributed by atoms with Gasteiger partial charge in [0, 0.05) is 6.42 Å². The third kappa shape index (κ3) is 4.46. The first-order valence-corrected chi connectivity index (χ1v) is 7.45. The van der Waals surface area contributed by atoms with Crippen LogP contribution in [0.5, 0.6) is 0 Å². The van der Waals surface area contributed by atoms with Crippen molar-refractivity contribution in [2.24, 2.45) is 15.9 Å². The summed E-state index contributed by atoms with van der Waals surface area (Å²) in [5.74, 6) is -0.954. The number of amides is 5. The number of amidine groups is 2. The summed E-state index contributed by atoms with van der Waals surface area (Å²) in [6, 6.07) is -0.974. The van der Waals surface area contributed by atoms with Crippen molar-refractivity contribution in [2.45, 2.75) is 11.7 Å². The molecule has 0 aromatic carbocycles. The van der Waals surface area contributed by atoms with E-state index in [1.165, 1.54) is 11.8 Å². The van der Waals surface area contributed by atoms with Crippen LogP contribution in [-0.2, 0) is 14.4 Å². The number of imide groups is 1. The number of urea groups is 1. The lowest BCUT2D eigenvalue weighted by Crippen LogP contribution is -2.37. The van der Waals surface area contributed by atoms with Gasteiger partial charge in [0.05, 0.1) is 5.75 Å². The molecular formula is C9H10N6O4S2. The van der Waals surface area contributed by atoms with Crippen LogP contribution in [0.2, 0.25) is 0 Å². The fourth-order valence-electron chi connectivity index (χ4n) is 1.41. The van der Waals surface area contributed by atoms with Crippen LogP contribution in [-0.4, -0.2) is 45.1 Å². The number of nitrogens with one attached hydrogen (secondary N) is 3. The molecule has 2 rings (SSSR count). The highest BCUT2D eigenvalue weighted by Gasteiger charge is 2.32. The number of hydrogen-bond donors (Lipinski definition) is 4. The van der Waals surface area contributed by atoms with Gasteiger partial charge in [0.2, 0.25) is 17.7 Å². The molecule has 0 aliphatic carbocycles. The molecule has 2 aliphatic rings. The van der Waals surface area contributed by atoms with Crippen molar-refractivity contribution in [2.75, 3.05) is 5.75 Å². The molecule has 0 aromatic heterocycles. The van der Waals surface area contributed by atoms with Crippen LogP contribution in [0, 0.1) is 0 Å². The quantitative estimate of drug-likeness (QED) is 0.452. The van der Waals surface area contributed by atoms with Crippen LogP contribution >= 0.6 is 23.5 Å². The zero-order valence-corrected chi connectivity index (χ0v) is 12.0. The van der Waals surface area contributed by atoms with Gasteiger partial charge in [-0.05, 0) is 0 Å². The molecule has 112 valence electrons. The number of thioether (sulfide) groups is 2. The van der Waals surface area contributed by atoms with Gasteiger partial charge in [-0.25, -0.2) is 4.79 Å². The molecule has 10 nitrogen and oxygen atoms in total.